The lowest BCUT2D eigenvalue weighted by Crippen LogP contribution is -2.14. The van der Waals surface area contributed by atoms with E-state index in [2.05, 4.69) is 56.4 Å². The Kier molecular flexibility index (Phi) is 9.93. The number of benzene rings is 1. The number of rotatable bonds is 12. The highest BCUT2D eigenvalue weighted by atomic mass is 14.7. The zero-order chi connectivity index (χ0) is 21.0. The molecular formula is C29H43N. The van der Waals surface area contributed by atoms with Crippen molar-refractivity contribution in [2.24, 2.45) is 5.92 Å². The summed E-state index contributed by atoms with van der Waals surface area (Å²) in [5.74, 6) is 1.65. The van der Waals surface area contributed by atoms with Crippen molar-refractivity contribution in [2.45, 2.75) is 110 Å². The van der Waals surface area contributed by atoms with E-state index in [0.29, 0.717) is 5.92 Å². The fourth-order valence-corrected chi connectivity index (χ4v) is 5.04. The molecule has 1 fully saturated rings. The Morgan fingerprint density at radius 2 is 1.37 bits per heavy atom. The van der Waals surface area contributed by atoms with Crippen LogP contribution in [0, 0.1) is 5.92 Å². The van der Waals surface area contributed by atoms with Gasteiger partial charge in [0, 0.05) is 23.4 Å². The average molecular weight is 406 g/mol. The molecular weight excluding hydrogens is 362 g/mol. The minimum absolute atomic E-state index is 0.677. The van der Waals surface area contributed by atoms with E-state index in [1.165, 1.54) is 112 Å². The summed E-state index contributed by atoms with van der Waals surface area (Å²) in [6.07, 6.45) is 21.2. The molecule has 1 aliphatic carbocycles. The molecule has 0 unspecified atom stereocenters. The van der Waals surface area contributed by atoms with Crippen LogP contribution in [-0.2, 0) is 6.42 Å². The van der Waals surface area contributed by atoms with E-state index < -0.39 is 0 Å². The van der Waals surface area contributed by atoms with Crippen molar-refractivity contribution in [3.63, 3.8) is 0 Å². The summed E-state index contributed by atoms with van der Waals surface area (Å²) in [4.78, 5) is 4.88. The summed E-state index contributed by atoms with van der Waals surface area (Å²) in [7, 11) is 0. The predicted octanol–water partition coefficient (Wildman–Crippen LogP) is 9.12. The largest absolute Gasteiger partial charge is 0.260 e. The highest BCUT2D eigenvalue weighted by Crippen LogP contribution is 2.37. The summed E-state index contributed by atoms with van der Waals surface area (Å²) in [6.45, 7) is 4.56. The first-order valence-corrected chi connectivity index (χ1v) is 12.9. The van der Waals surface area contributed by atoms with Crippen LogP contribution in [0.2, 0.25) is 0 Å². The van der Waals surface area contributed by atoms with Gasteiger partial charge >= 0.3 is 0 Å². The highest BCUT2D eigenvalue weighted by Gasteiger charge is 2.22. The van der Waals surface area contributed by atoms with Gasteiger partial charge in [-0.25, -0.2) is 0 Å². The van der Waals surface area contributed by atoms with Crippen LogP contribution >= 0.6 is 0 Å². The van der Waals surface area contributed by atoms with Crippen molar-refractivity contribution in [3.8, 4) is 11.1 Å². The zero-order valence-electron chi connectivity index (χ0n) is 19.5. The van der Waals surface area contributed by atoms with E-state index >= 15 is 0 Å². The Labute approximate surface area is 185 Å². The van der Waals surface area contributed by atoms with Gasteiger partial charge in [-0.15, -0.1) is 0 Å². The summed E-state index contributed by atoms with van der Waals surface area (Å²) in [6, 6.07) is 13.7. The van der Waals surface area contributed by atoms with E-state index in [0.717, 1.165) is 5.92 Å². The minimum Gasteiger partial charge on any atom is -0.260 e. The number of nitrogens with zero attached hydrogens (tertiary/aromatic N) is 1. The second-order valence-corrected chi connectivity index (χ2v) is 9.55. The van der Waals surface area contributed by atoms with Crippen LogP contribution in [0.1, 0.15) is 114 Å². The highest BCUT2D eigenvalue weighted by molar-refractivity contribution is 5.62. The topological polar surface area (TPSA) is 12.9 Å². The number of unbranched alkanes of at least 4 members (excludes halogenated alkanes) is 6. The Morgan fingerprint density at radius 3 is 2.03 bits per heavy atom. The Bertz CT molecular complexity index is 692. The van der Waals surface area contributed by atoms with Crippen LogP contribution in [-0.4, -0.2) is 4.98 Å². The van der Waals surface area contributed by atoms with Gasteiger partial charge in [0.25, 0.3) is 0 Å². The molecule has 0 saturated heterocycles. The van der Waals surface area contributed by atoms with Crippen LogP contribution in [0.3, 0.4) is 0 Å². The standard InChI is InChI=1S/C29H43N/c1-3-5-7-8-10-12-25-15-19-27(20-16-25)29-22-21-28(23-30-29)26-17-13-24(14-18-26)11-9-6-4-2/h13-14,17-18,21-23,25,27H,3-12,15-16,19-20H2,1-2H3. The molecule has 0 N–H and O–H groups in total. The number of aryl methyl sites for hydroxylation is 1. The third-order valence-electron chi connectivity index (χ3n) is 7.12. The minimum atomic E-state index is 0.677. The first-order valence-electron chi connectivity index (χ1n) is 12.9. The molecule has 1 nitrogen and oxygen atoms in total. The molecule has 0 aliphatic heterocycles. The molecule has 0 atom stereocenters. The molecule has 1 aliphatic rings. The number of hydrogen-bond acceptors (Lipinski definition) is 1. The second kappa shape index (κ2) is 12.9. The third kappa shape index (κ3) is 7.25. The first kappa shape index (κ1) is 23.0. The van der Waals surface area contributed by atoms with Crippen LogP contribution < -0.4 is 0 Å². The molecule has 0 spiro atoms. The van der Waals surface area contributed by atoms with E-state index in [9.17, 15) is 0 Å². The molecule has 1 aromatic carbocycles. The molecule has 1 heterocycles. The molecule has 164 valence electrons. The molecule has 2 aromatic rings. The maximum Gasteiger partial charge on any atom is 0.0434 e. The summed E-state index contributed by atoms with van der Waals surface area (Å²) in [5, 5.41) is 0. The normalized spacial score (nSPS) is 19.1. The molecule has 1 saturated carbocycles. The third-order valence-corrected chi connectivity index (χ3v) is 7.12. The van der Waals surface area contributed by atoms with Crippen molar-refractivity contribution in [3.05, 3.63) is 53.9 Å². The lowest BCUT2D eigenvalue weighted by Gasteiger charge is -2.28. The Morgan fingerprint density at radius 1 is 0.700 bits per heavy atom. The zero-order valence-corrected chi connectivity index (χ0v) is 19.5. The molecule has 0 bridgehead atoms. The van der Waals surface area contributed by atoms with Crippen molar-refractivity contribution < 1.29 is 0 Å². The summed E-state index contributed by atoms with van der Waals surface area (Å²) in [5.41, 5.74) is 5.31. The van der Waals surface area contributed by atoms with Crippen LogP contribution in [0.4, 0.5) is 0 Å². The van der Waals surface area contributed by atoms with Crippen LogP contribution in [0.5, 0.6) is 0 Å². The van der Waals surface area contributed by atoms with Gasteiger partial charge in [-0.3, -0.25) is 4.98 Å². The molecule has 0 amide bonds. The monoisotopic (exact) mass is 405 g/mol. The van der Waals surface area contributed by atoms with Gasteiger partial charge in [0.2, 0.25) is 0 Å². The van der Waals surface area contributed by atoms with Gasteiger partial charge in [0.15, 0.2) is 0 Å². The van der Waals surface area contributed by atoms with Crippen LogP contribution in [0.15, 0.2) is 42.6 Å². The number of aromatic nitrogens is 1. The Balaban J connectivity index is 1.44. The van der Waals surface area contributed by atoms with Gasteiger partial charge in [-0.2, -0.15) is 0 Å². The molecule has 1 aromatic heterocycles. The fourth-order valence-electron chi connectivity index (χ4n) is 5.04. The van der Waals surface area contributed by atoms with Crippen LogP contribution in [0.25, 0.3) is 11.1 Å². The van der Waals surface area contributed by atoms with Gasteiger partial charge in [0.1, 0.15) is 0 Å². The van der Waals surface area contributed by atoms with Gasteiger partial charge in [-0.1, -0.05) is 95.5 Å². The lowest BCUT2D eigenvalue weighted by atomic mass is 9.78. The van der Waals surface area contributed by atoms with Crippen molar-refractivity contribution in [2.75, 3.05) is 0 Å². The number of hydrogen-bond donors (Lipinski definition) is 0. The molecule has 3 rings (SSSR count). The maximum atomic E-state index is 4.88. The van der Waals surface area contributed by atoms with Crippen molar-refractivity contribution in [1.82, 2.24) is 4.98 Å². The van der Waals surface area contributed by atoms with Gasteiger partial charge in [-0.05, 0) is 61.6 Å². The lowest BCUT2D eigenvalue weighted by molar-refractivity contribution is 0.299. The molecule has 30 heavy (non-hydrogen) atoms. The molecule has 0 radical (unpaired) electrons. The van der Waals surface area contributed by atoms with E-state index in [1.807, 2.05) is 0 Å². The predicted molar refractivity (Wildman–Crippen MR) is 131 cm³/mol. The molecule has 1 heteroatoms. The SMILES string of the molecule is CCCCCCCC1CCC(c2ccc(-c3ccc(CCCCC)cc3)cn2)CC1. The second-order valence-electron chi connectivity index (χ2n) is 9.55. The maximum absolute atomic E-state index is 4.88. The summed E-state index contributed by atoms with van der Waals surface area (Å²) >= 11 is 0. The van der Waals surface area contributed by atoms with Crippen molar-refractivity contribution >= 4 is 0 Å². The van der Waals surface area contributed by atoms with E-state index in [-0.39, 0.29) is 0 Å². The summed E-state index contributed by atoms with van der Waals surface area (Å²) < 4.78 is 0. The van der Waals surface area contributed by atoms with Gasteiger partial charge < -0.3 is 0 Å². The number of pyridine rings is 1. The first-order chi connectivity index (χ1) is 14.8. The van der Waals surface area contributed by atoms with Gasteiger partial charge in [0.05, 0.1) is 0 Å². The smallest absolute Gasteiger partial charge is 0.0434 e. The van der Waals surface area contributed by atoms with Crippen molar-refractivity contribution in [1.29, 1.82) is 0 Å². The Hall–Kier alpha value is -1.63. The van der Waals surface area contributed by atoms with E-state index in [1.54, 1.807) is 0 Å². The average Bonchev–Trinajstić information content (AvgIpc) is 2.80. The quantitative estimate of drug-likeness (QED) is 0.321. The fraction of sp³-hybridized carbons (Fsp3) is 0.621. The van der Waals surface area contributed by atoms with E-state index in [4.69, 9.17) is 4.98 Å².